The zero-order valence-electron chi connectivity index (χ0n) is 12.1. The lowest BCUT2D eigenvalue weighted by Gasteiger charge is -2.40. The van der Waals surface area contributed by atoms with Gasteiger partial charge in [0.15, 0.2) is 0 Å². The zero-order valence-corrected chi connectivity index (χ0v) is 12.1. The Kier molecular flexibility index (Phi) is 3.83. The third kappa shape index (κ3) is 3.28. The van der Waals surface area contributed by atoms with Crippen LogP contribution in [0.5, 0.6) is 0 Å². The van der Waals surface area contributed by atoms with Crippen LogP contribution in [0.25, 0.3) is 0 Å². The van der Waals surface area contributed by atoms with E-state index >= 15 is 0 Å². The van der Waals surface area contributed by atoms with E-state index in [1.165, 1.54) is 16.8 Å². The maximum Gasteiger partial charge on any atom is 0.303 e. The first-order valence-corrected chi connectivity index (χ1v) is 6.94. The van der Waals surface area contributed by atoms with Gasteiger partial charge in [0.05, 0.1) is 6.42 Å². The molecule has 1 aromatic rings. The summed E-state index contributed by atoms with van der Waals surface area (Å²) in [6.45, 7) is 8.26. The number of aryl methyl sites for hydroxylation is 2. The molecule has 1 fully saturated rings. The van der Waals surface area contributed by atoms with E-state index in [1.54, 1.807) is 0 Å². The van der Waals surface area contributed by atoms with Crippen molar-refractivity contribution in [3.63, 3.8) is 0 Å². The Morgan fingerprint density at radius 3 is 2.47 bits per heavy atom. The summed E-state index contributed by atoms with van der Waals surface area (Å²) in [5.74, 6) is -0.678. The summed E-state index contributed by atoms with van der Waals surface area (Å²) >= 11 is 0. The molecule has 1 aliphatic rings. The highest BCUT2D eigenvalue weighted by Gasteiger charge is 2.32. The SMILES string of the molecule is Cc1ccc(N2CCC(C)(CC(=O)O)CC2)c(C)c1. The number of benzene rings is 1. The van der Waals surface area contributed by atoms with E-state index in [2.05, 4.69) is 43.9 Å². The molecule has 0 aromatic heterocycles. The van der Waals surface area contributed by atoms with Crippen molar-refractivity contribution >= 4 is 11.7 Å². The van der Waals surface area contributed by atoms with Crippen molar-refractivity contribution in [3.8, 4) is 0 Å². The van der Waals surface area contributed by atoms with Gasteiger partial charge in [0.1, 0.15) is 0 Å². The molecule has 0 spiro atoms. The summed E-state index contributed by atoms with van der Waals surface area (Å²) in [7, 11) is 0. The topological polar surface area (TPSA) is 40.5 Å². The van der Waals surface area contributed by atoms with Crippen LogP contribution in [0.3, 0.4) is 0 Å². The van der Waals surface area contributed by atoms with Crippen molar-refractivity contribution in [2.24, 2.45) is 5.41 Å². The lowest BCUT2D eigenvalue weighted by molar-refractivity contribution is -0.139. The number of aliphatic carboxylic acids is 1. The maximum atomic E-state index is 10.9. The number of carbonyl (C=O) groups is 1. The van der Waals surface area contributed by atoms with E-state index in [0.29, 0.717) is 0 Å². The van der Waals surface area contributed by atoms with Crippen molar-refractivity contribution in [2.45, 2.75) is 40.0 Å². The highest BCUT2D eigenvalue weighted by atomic mass is 16.4. The molecule has 1 saturated heterocycles. The zero-order chi connectivity index (χ0) is 14.0. The summed E-state index contributed by atoms with van der Waals surface area (Å²) in [5.41, 5.74) is 3.85. The lowest BCUT2D eigenvalue weighted by Crippen LogP contribution is -2.40. The molecule has 2 rings (SSSR count). The van der Waals surface area contributed by atoms with Crippen LogP contribution in [0.4, 0.5) is 5.69 Å². The fraction of sp³-hybridized carbons (Fsp3) is 0.562. The van der Waals surface area contributed by atoms with Gasteiger partial charge in [0.2, 0.25) is 0 Å². The standard InChI is InChI=1S/C16H23NO2/c1-12-4-5-14(13(2)10-12)17-8-6-16(3,7-9-17)11-15(18)19/h4-5,10H,6-9,11H2,1-3H3,(H,18,19). The van der Waals surface area contributed by atoms with Crippen LogP contribution in [0.2, 0.25) is 0 Å². The Balaban J connectivity index is 2.05. The van der Waals surface area contributed by atoms with Gasteiger partial charge >= 0.3 is 5.97 Å². The third-order valence-electron chi connectivity index (χ3n) is 4.24. The van der Waals surface area contributed by atoms with Gasteiger partial charge in [0, 0.05) is 18.8 Å². The molecular formula is C16H23NO2. The van der Waals surface area contributed by atoms with E-state index in [0.717, 1.165) is 25.9 Å². The van der Waals surface area contributed by atoms with E-state index in [1.807, 2.05) is 0 Å². The summed E-state index contributed by atoms with van der Waals surface area (Å²) < 4.78 is 0. The van der Waals surface area contributed by atoms with Crippen LogP contribution in [0.1, 0.15) is 37.3 Å². The summed E-state index contributed by atoms with van der Waals surface area (Å²) in [6, 6.07) is 6.54. The highest BCUT2D eigenvalue weighted by molar-refractivity contribution is 5.67. The second-order valence-corrected chi connectivity index (χ2v) is 6.16. The Morgan fingerprint density at radius 1 is 1.32 bits per heavy atom. The fourth-order valence-corrected chi connectivity index (χ4v) is 2.99. The molecule has 0 unspecified atom stereocenters. The van der Waals surface area contributed by atoms with Crippen LogP contribution in [0.15, 0.2) is 18.2 Å². The predicted molar refractivity (Wildman–Crippen MR) is 77.7 cm³/mol. The number of anilines is 1. The molecule has 0 bridgehead atoms. The average Bonchev–Trinajstić information content (AvgIpc) is 2.29. The van der Waals surface area contributed by atoms with Crippen molar-refractivity contribution in [3.05, 3.63) is 29.3 Å². The molecule has 0 radical (unpaired) electrons. The van der Waals surface area contributed by atoms with Gasteiger partial charge in [0.25, 0.3) is 0 Å². The second kappa shape index (κ2) is 5.24. The van der Waals surface area contributed by atoms with Crippen molar-refractivity contribution in [1.82, 2.24) is 0 Å². The summed E-state index contributed by atoms with van der Waals surface area (Å²) in [4.78, 5) is 13.3. The second-order valence-electron chi connectivity index (χ2n) is 6.16. The Morgan fingerprint density at radius 2 is 1.95 bits per heavy atom. The van der Waals surface area contributed by atoms with Gasteiger partial charge in [-0.05, 0) is 43.7 Å². The minimum absolute atomic E-state index is 0.0407. The molecular weight excluding hydrogens is 238 g/mol. The van der Waals surface area contributed by atoms with Crippen LogP contribution in [-0.4, -0.2) is 24.2 Å². The van der Waals surface area contributed by atoms with Crippen LogP contribution in [0, 0.1) is 19.3 Å². The van der Waals surface area contributed by atoms with Crippen LogP contribution >= 0.6 is 0 Å². The molecule has 0 amide bonds. The first-order valence-electron chi connectivity index (χ1n) is 6.94. The van der Waals surface area contributed by atoms with Gasteiger partial charge in [-0.1, -0.05) is 24.6 Å². The predicted octanol–water partition coefficient (Wildman–Crippen LogP) is 3.38. The van der Waals surface area contributed by atoms with Crippen LogP contribution in [-0.2, 0) is 4.79 Å². The number of nitrogens with zero attached hydrogens (tertiary/aromatic N) is 1. The molecule has 1 aliphatic heterocycles. The molecule has 1 aromatic carbocycles. The highest BCUT2D eigenvalue weighted by Crippen LogP contribution is 2.36. The van der Waals surface area contributed by atoms with E-state index in [-0.39, 0.29) is 11.8 Å². The Labute approximate surface area is 115 Å². The lowest BCUT2D eigenvalue weighted by atomic mass is 9.77. The summed E-state index contributed by atoms with van der Waals surface area (Å²) in [6.07, 6.45) is 2.19. The number of rotatable bonds is 3. The molecule has 1 heterocycles. The maximum absolute atomic E-state index is 10.9. The first kappa shape index (κ1) is 13.9. The van der Waals surface area contributed by atoms with E-state index in [4.69, 9.17) is 5.11 Å². The Bertz CT molecular complexity index is 474. The quantitative estimate of drug-likeness (QED) is 0.906. The number of hydrogen-bond donors (Lipinski definition) is 1. The minimum atomic E-state index is -0.678. The largest absolute Gasteiger partial charge is 0.481 e. The minimum Gasteiger partial charge on any atom is -0.481 e. The molecule has 1 N–H and O–H groups in total. The first-order chi connectivity index (χ1) is 8.89. The van der Waals surface area contributed by atoms with E-state index < -0.39 is 5.97 Å². The molecule has 0 saturated carbocycles. The molecule has 3 heteroatoms. The molecule has 19 heavy (non-hydrogen) atoms. The third-order valence-corrected chi connectivity index (χ3v) is 4.24. The molecule has 104 valence electrons. The van der Waals surface area contributed by atoms with Gasteiger partial charge < -0.3 is 10.0 Å². The van der Waals surface area contributed by atoms with Gasteiger partial charge in [-0.2, -0.15) is 0 Å². The van der Waals surface area contributed by atoms with Gasteiger partial charge in [-0.15, -0.1) is 0 Å². The number of hydrogen-bond acceptors (Lipinski definition) is 2. The smallest absolute Gasteiger partial charge is 0.303 e. The number of carboxylic acid groups (broad SMARTS) is 1. The molecule has 0 atom stereocenters. The van der Waals surface area contributed by atoms with Gasteiger partial charge in [-0.25, -0.2) is 0 Å². The fourth-order valence-electron chi connectivity index (χ4n) is 2.99. The number of carboxylic acids is 1. The van der Waals surface area contributed by atoms with Crippen molar-refractivity contribution in [2.75, 3.05) is 18.0 Å². The summed E-state index contributed by atoms with van der Waals surface area (Å²) in [5, 5.41) is 8.97. The van der Waals surface area contributed by atoms with Gasteiger partial charge in [-0.3, -0.25) is 4.79 Å². The van der Waals surface area contributed by atoms with Crippen molar-refractivity contribution < 1.29 is 9.90 Å². The number of piperidine rings is 1. The average molecular weight is 261 g/mol. The van der Waals surface area contributed by atoms with Crippen LogP contribution < -0.4 is 4.90 Å². The Hall–Kier alpha value is -1.51. The normalized spacial score (nSPS) is 18.4. The van der Waals surface area contributed by atoms with E-state index in [9.17, 15) is 4.79 Å². The van der Waals surface area contributed by atoms with Crippen molar-refractivity contribution in [1.29, 1.82) is 0 Å². The monoisotopic (exact) mass is 261 g/mol. The molecule has 0 aliphatic carbocycles. The molecule has 3 nitrogen and oxygen atoms in total.